The van der Waals surface area contributed by atoms with Gasteiger partial charge in [0.1, 0.15) is 0 Å². The van der Waals surface area contributed by atoms with Gasteiger partial charge in [0.2, 0.25) is 5.91 Å². The Morgan fingerprint density at radius 2 is 2.06 bits per heavy atom. The van der Waals surface area contributed by atoms with E-state index in [4.69, 9.17) is 0 Å². The first-order valence-electron chi connectivity index (χ1n) is 5.40. The Morgan fingerprint density at radius 3 is 2.56 bits per heavy atom. The van der Waals surface area contributed by atoms with E-state index in [9.17, 15) is 18.0 Å². The number of nitrogens with one attached hydrogen (secondary N) is 1. The van der Waals surface area contributed by atoms with Gasteiger partial charge in [-0.2, -0.15) is 13.2 Å². The summed E-state index contributed by atoms with van der Waals surface area (Å²) in [5.74, 6) is 0.373. The number of hydrogen-bond acceptors (Lipinski definition) is 2. The van der Waals surface area contributed by atoms with Gasteiger partial charge in [0, 0.05) is 13.6 Å². The molecule has 0 bridgehead atoms. The topological polar surface area (TPSA) is 32.3 Å². The average Bonchev–Trinajstić information content (AvgIpc) is 2.96. The average molecular weight is 238 g/mol. The van der Waals surface area contributed by atoms with Crippen LogP contribution in [0.25, 0.3) is 0 Å². The van der Waals surface area contributed by atoms with Crippen molar-refractivity contribution in [1.29, 1.82) is 0 Å². The monoisotopic (exact) mass is 238 g/mol. The molecule has 1 saturated carbocycles. The van der Waals surface area contributed by atoms with Crippen molar-refractivity contribution in [1.82, 2.24) is 10.2 Å². The van der Waals surface area contributed by atoms with E-state index < -0.39 is 12.6 Å². The van der Waals surface area contributed by atoms with Gasteiger partial charge in [-0.3, -0.25) is 4.79 Å². The molecule has 1 aliphatic rings. The molecule has 0 atom stereocenters. The molecule has 3 nitrogen and oxygen atoms in total. The highest BCUT2D eigenvalue weighted by Crippen LogP contribution is 2.27. The largest absolute Gasteiger partial charge is 0.390 e. The van der Waals surface area contributed by atoms with Crippen molar-refractivity contribution in [3.05, 3.63) is 0 Å². The molecule has 16 heavy (non-hydrogen) atoms. The van der Waals surface area contributed by atoms with Crippen LogP contribution in [0.5, 0.6) is 0 Å². The van der Waals surface area contributed by atoms with E-state index in [0.717, 1.165) is 11.4 Å². The molecule has 94 valence electrons. The summed E-state index contributed by atoms with van der Waals surface area (Å²) >= 11 is 0. The van der Waals surface area contributed by atoms with Gasteiger partial charge in [-0.25, -0.2) is 0 Å². The Morgan fingerprint density at radius 1 is 1.44 bits per heavy atom. The molecule has 1 fully saturated rings. The third-order valence-electron chi connectivity index (χ3n) is 2.56. The van der Waals surface area contributed by atoms with E-state index in [2.05, 4.69) is 5.32 Å². The number of carbonyl (C=O) groups is 1. The van der Waals surface area contributed by atoms with Crippen molar-refractivity contribution in [2.45, 2.75) is 25.4 Å². The van der Waals surface area contributed by atoms with Gasteiger partial charge in [-0.15, -0.1) is 0 Å². The van der Waals surface area contributed by atoms with Crippen molar-refractivity contribution in [3.8, 4) is 0 Å². The molecule has 0 spiro atoms. The second-order valence-electron chi connectivity index (χ2n) is 4.25. The van der Waals surface area contributed by atoms with Crippen LogP contribution in [0.1, 0.15) is 19.3 Å². The summed E-state index contributed by atoms with van der Waals surface area (Å²) in [7, 11) is 1.40. The number of hydrogen-bond donors (Lipinski definition) is 1. The zero-order valence-electron chi connectivity index (χ0n) is 9.31. The van der Waals surface area contributed by atoms with Crippen molar-refractivity contribution in [3.63, 3.8) is 0 Å². The van der Waals surface area contributed by atoms with Crippen LogP contribution in [-0.2, 0) is 4.79 Å². The van der Waals surface area contributed by atoms with Crippen LogP contribution in [0.3, 0.4) is 0 Å². The molecule has 1 amide bonds. The number of likely N-dealkylation sites (N-methyl/N-ethyl adjacent to an activating group) is 1. The highest BCUT2D eigenvalue weighted by Gasteiger charge is 2.28. The second kappa shape index (κ2) is 5.52. The Labute approximate surface area is 93.0 Å². The smallest absolute Gasteiger partial charge is 0.344 e. The molecule has 0 aliphatic heterocycles. The third kappa shape index (κ3) is 5.95. The van der Waals surface area contributed by atoms with Crippen molar-refractivity contribution in [2.75, 3.05) is 26.7 Å². The predicted octanol–water partition coefficient (Wildman–Crippen LogP) is 1.40. The van der Waals surface area contributed by atoms with Crippen molar-refractivity contribution in [2.24, 2.45) is 5.92 Å². The van der Waals surface area contributed by atoms with Crippen LogP contribution >= 0.6 is 0 Å². The first-order valence-corrected chi connectivity index (χ1v) is 5.40. The van der Waals surface area contributed by atoms with Crippen LogP contribution < -0.4 is 5.32 Å². The van der Waals surface area contributed by atoms with Crippen molar-refractivity contribution < 1.29 is 18.0 Å². The fourth-order valence-corrected chi connectivity index (χ4v) is 1.26. The maximum atomic E-state index is 11.9. The van der Waals surface area contributed by atoms with Gasteiger partial charge in [-0.1, -0.05) is 0 Å². The summed E-state index contributed by atoms with van der Waals surface area (Å²) in [5.41, 5.74) is 0. The summed E-state index contributed by atoms with van der Waals surface area (Å²) in [4.78, 5) is 12.5. The summed E-state index contributed by atoms with van der Waals surface area (Å²) in [6, 6.07) is 0. The lowest BCUT2D eigenvalue weighted by atomic mass is 10.3. The number of alkyl halides is 3. The lowest BCUT2D eigenvalue weighted by Crippen LogP contribution is -2.37. The molecular formula is C10H17F3N2O. The molecule has 0 aromatic carbocycles. The molecule has 0 radical (unpaired) electrons. The first-order chi connectivity index (χ1) is 7.38. The normalized spacial score (nSPS) is 16.2. The lowest BCUT2D eigenvalue weighted by Gasteiger charge is -2.18. The van der Waals surface area contributed by atoms with Gasteiger partial charge in [-0.05, 0) is 25.3 Å². The Kier molecular flexibility index (Phi) is 4.58. The molecule has 0 aromatic heterocycles. The van der Waals surface area contributed by atoms with E-state index in [1.165, 1.54) is 19.9 Å². The number of halogens is 3. The fourth-order valence-electron chi connectivity index (χ4n) is 1.26. The van der Waals surface area contributed by atoms with Gasteiger partial charge in [0.05, 0.1) is 13.0 Å². The van der Waals surface area contributed by atoms with Crippen LogP contribution in [0, 0.1) is 5.92 Å². The fraction of sp³-hybridized carbons (Fsp3) is 0.900. The van der Waals surface area contributed by atoms with Gasteiger partial charge >= 0.3 is 6.18 Å². The minimum absolute atomic E-state index is 0.130. The maximum absolute atomic E-state index is 11.9. The number of carbonyl (C=O) groups excluding carboxylic acids is 1. The lowest BCUT2D eigenvalue weighted by molar-refractivity contribution is -0.143. The van der Waals surface area contributed by atoms with Crippen LogP contribution in [-0.4, -0.2) is 43.7 Å². The molecule has 1 N–H and O–H groups in total. The highest BCUT2D eigenvalue weighted by molar-refractivity contribution is 5.77. The summed E-state index contributed by atoms with van der Waals surface area (Å²) in [6.45, 7) is 0.650. The SMILES string of the molecule is CN(CCC(F)(F)F)C(=O)CNCC1CC1. The minimum Gasteiger partial charge on any atom is -0.344 e. The van der Waals surface area contributed by atoms with Gasteiger partial charge in [0.25, 0.3) is 0 Å². The zero-order chi connectivity index (χ0) is 12.2. The molecule has 0 heterocycles. The highest BCUT2D eigenvalue weighted by atomic mass is 19.4. The zero-order valence-corrected chi connectivity index (χ0v) is 9.31. The van der Waals surface area contributed by atoms with Crippen LogP contribution in [0.2, 0.25) is 0 Å². The third-order valence-corrected chi connectivity index (χ3v) is 2.56. The summed E-state index contributed by atoms with van der Waals surface area (Å²) < 4.78 is 35.7. The second-order valence-corrected chi connectivity index (χ2v) is 4.25. The molecular weight excluding hydrogens is 221 g/mol. The molecule has 6 heteroatoms. The quantitative estimate of drug-likeness (QED) is 0.758. The minimum atomic E-state index is -4.20. The van der Waals surface area contributed by atoms with E-state index in [0.29, 0.717) is 5.92 Å². The molecule has 0 unspecified atom stereocenters. The molecule has 1 aliphatic carbocycles. The first kappa shape index (κ1) is 13.3. The maximum Gasteiger partial charge on any atom is 0.390 e. The predicted molar refractivity (Wildman–Crippen MR) is 53.9 cm³/mol. The molecule has 0 saturated heterocycles. The Bertz CT molecular complexity index is 239. The summed E-state index contributed by atoms with van der Waals surface area (Å²) in [6.07, 6.45) is -2.77. The van der Waals surface area contributed by atoms with E-state index in [1.54, 1.807) is 0 Å². The standard InChI is InChI=1S/C10H17F3N2O/c1-15(5-4-10(11,12)13)9(16)7-14-6-8-2-3-8/h8,14H,2-7H2,1H3. The van der Waals surface area contributed by atoms with Gasteiger partial charge < -0.3 is 10.2 Å². The number of amides is 1. The van der Waals surface area contributed by atoms with Gasteiger partial charge in [0.15, 0.2) is 0 Å². The number of nitrogens with zero attached hydrogens (tertiary/aromatic N) is 1. The molecule has 0 aromatic rings. The van der Waals surface area contributed by atoms with Crippen LogP contribution in [0.15, 0.2) is 0 Å². The van der Waals surface area contributed by atoms with E-state index in [1.807, 2.05) is 0 Å². The van der Waals surface area contributed by atoms with E-state index in [-0.39, 0.29) is 19.0 Å². The van der Waals surface area contributed by atoms with Crippen molar-refractivity contribution >= 4 is 5.91 Å². The molecule has 1 rings (SSSR count). The van der Waals surface area contributed by atoms with E-state index >= 15 is 0 Å². The number of rotatable bonds is 6. The summed E-state index contributed by atoms with van der Waals surface area (Å²) in [5, 5.41) is 2.95. The van der Waals surface area contributed by atoms with Crippen LogP contribution in [0.4, 0.5) is 13.2 Å². The Balaban J connectivity index is 2.08. The Hall–Kier alpha value is -0.780.